The van der Waals surface area contributed by atoms with E-state index in [1.165, 1.54) is 4.88 Å². The molecule has 1 atom stereocenters. The number of nitrogens with one attached hydrogen (secondary N) is 2. The first-order chi connectivity index (χ1) is 9.60. The van der Waals surface area contributed by atoms with Crippen molar-refractivity contribution in [2.45, 2.75) is 46.7 Å². The minimum atomic E-state index is 0.109. The van der Waals surface area contributed by atoms with Gasteiger partial charge in [-0.2, -0.15) is 0 Å². The van der Waals surface area contributed by atoms with Crippen LogP contribution in [0.3, 0.4) is 0 Å². The van der Waals surface area contributed by atoms with Gasteiger partial charge in [-0.05, 0) is 33.7 Å². The quantitative estimate of drug-likeness (QED) is 0.765. The Morgan fingerprint density at radius 3 is 2.75 bits per heavy atom. The number of anilines is 1. The number of aromatic nitrogens is 3. The van der Waals surface area contributed by atoms with Gasteiger partial charge in [0.2, 0.25) is 5.89 Å². The zero-order valence-corrected chi connectivity index (χ0v) is 13.2. The highest BCUT2D eigenvalue weighted by molar-refractivity contribution is 7.11. The minimum absolute atomic E-state index is 0.109. The highest BCUT2D eigenvalue weighted by atomic mass is 32.1. The maximum absolute atomic E-state index is 5.56. The van der Waals surface area contributed by atoms with Gasteiger partial charge < -0.3 is 15.1 Å². The van der Waals surface area contributed by atoms with Crippen LogP contribution in [0.5, 0.6) is 0 Å². The molecule has 0 bridgehead atoms. The second-order valence-corrected chi connectivity index (χ2v) is 5.96. The molecule has 2 rings (SSSR count). The van der Waals surface area contributed by atoms with Crippen molar-refractivity contribution in [1.82, 2.24) is 20.5 Å². The Morgan fingerprint density at radius 2 is 2.10 bits per heavy atom. The van der Waals surface area contributed by atoms with E-state index in [1.807, 2.05) is 13.8 Å². The molecule has 7 heteroatoms. The molecule has 0 saturated heterocycles. The van der Waals surface area contributed by atoms with Crippen molar-refractivity contribution in [2.24, 2.45) is 0 Å². The molecule has 20 heavy (non-hydrogen) atoms. The fourth-order valence-electron chi connectivity index (χ4n) is 1.96. The van der Waals surface area contributed by atoms with Crippen LogP contribution in [0, 0.1) is 13.8 Å². The summed E-state index contributed by atoms with van der Waals surface area (Å²) in [4.78, 5) is 5.63. The van der Waals surface area contributed by atoms with E-state index in [-0.39, 0.29) is 6.04 Å². The fraction of sp³-hybridized carbons (Fsp3) is 0.615. The number of thiazole rings is 1. The topological polar surface area (TPSA) is 75.9 Å². The van der Waals surface area contributed by atoms with Crippen molar-refractivity contribution >= 4 is 17.4 Å². The van der Waals surface area contributed by atoms with E-state index in [0.29, 0.717) is 18.5 Å². The van der Waals surface area contributed by atoms with E-state index in [0.717, 1.165) is 23.7 Å². The summed E-state index contributed by atoms with van der Waals surface area (Å²) < 4.78 is 5.56. The number of rotatable bonds is 7. The first kappa shape index (κ1) is 14.9. The average Bonchev–Trinajstić information content (AvgIpc) is 2.96. The third-order valence-electron chi connectivity index (χ3n) is 2.84. The first-order valence-electron chi connectivity index (χ1n) is 6.83. The van der Waals surface area contributed by atoms with Gasteiger partial charge in [0.15, 0.2) is 0 Å². The Bertz CT molecular complexity index is 551. The zero-order chi connectivity index (χ0) is 14.5. The lowest BCUT2D eigenvalue weighted by Gasteiger charge is -2.09. The van der Waals surface area contributed by atoms with Gasteiger partial charge in [-0.1, -0.05) is 12.0 Å². The molecule has 0 fully saturated rings. The third-order valence-corrected chi connectivity index (χ3v) is 4.10. The monoisotopic (exact) mass is 295 g/mol. The van der Waals surface area contributed by atoms with Crippen LogP contribution in [-0.4, -0.2) is 21.7 Å². The molecule has 0 aliphatic carbocycles. The molecule has 0 spiro atoms. The van der Waals surface area contributed by atoms with Crippen LogP contribution in [-0.2, 0) is 6.54 Å². The van der Waals surface area contributed by atoms with E-state index in [2.05, 4.69) is 39.7 Å². The number of aryl methyl sites for hydroxylation is 2. The lowest BCUT2D eigenvalue weighted by molar-refractivity contribution is 0.474. The summed E-state index contributed by atoms with van der Waals surface area (Å²) in [6, 6.07) is 0.564. The highest BCUT2D eigenvalue weighted by Crippen LogP contribution is 2.26. The van der Waals surface area contributed by atoms with Crippen molar-refractivity contribution in [3.05, 3.63) is 21.5 Å². The molecular weight excluding hydrogens is 274 g/mol. The highest BCUT2D eigenvalue weighted by Gasteiger charge is 2.15. The van der Waals surface area contributed by atoms with Gasteiger partial charge in [0.25, 0.3) is 0 Å². The fourth-order valence-corrected chi connectivity index (χ4v) is 2.88. The smallest absolute Gasteiger partial charge is 0.316 e. The second-order valence-electron chi connectivity index (χ2n) is 4.73. The molecule has 0 radical (unpaired) electrons. The van der Waals surface area contributed by atoms with Gasteiger partial charge in [0, 0.05) is 4.88 Å². The van der Waals surface area contributed by atoms with Crippen LogP contribution in [0.1, 0.15) is 47.8 Å². The lowest BCUT2D eigenvalue weighted by Crippen LogP contribution is -2.13. The van der Waals surface area contributed by atoms with Gasteiger partial charge in [-0.15, -0.1) is 16.4 Å². The predicted molar refractivity (Wildman–Crippen MR) is 79.9 cm³/mol. The van der Waals surface area contributed by atoms with Gasteiger partial charge in [-0.3, -0.25) is 0 Å². The minimum Gasteiger partial charge on any atom is -0.407 e. The van der Waals surface area contributed by atoms with Crippen LogP contribution >= 0.6 is 11.3 Å². The van der Waals surface area contributed by atoms with E-state index in [9.17, 15) is 0 Å². The molecule has 0 saturated carbocycles. The summed E-state index contributed by atoms with van der Waals surface area (Å²) in [5.74, 6) is 0.602. The first-order valence-corrected chi connectivity index (χ1v) is 7.65. The molecule has 2 N–H and O–H groups in total. The molecule has 0 amide bonds. The third kappa shape index (κ3) is 3.77. The lowest BCUT2D eigenvalue weighted by atomic mass is 10.2. The van der Waals surface area contributed by atoms with Crippen molar-refractivity contribution < 1.29 is 4.42 Å². The largest absolute Gasteiger partial charge is 0.407 e. The molecule has 2 aromatic rings. The van der Waals surface area contributed by atoms with Gasteiger partial charge in [-0.25, -0.2) is 4.98 Å². The maximum Gasteiger partial charge on any atom is 0.316 e. The Hall–Kier alpha value is -1.47. The molecule has 1 unspecified atom stereocenters. The Kier molecular flexibility index (Phi) is 5.08. The molecule has 0 aliphatic rings. The van der Waals surface area contributed by atoms with Gasteiger partial charge in [0.1, 0.15) is 0 Å². The van der Waals surface area contributed by atoms with E-state index in [4.69, 9.17) is 4.42 Å². The summed E-state index contributed by atoms with van der Waals surface area (Å²) >= 11 is 1.69. The Balaban J connectivity index is 1.94. The standard InChI is InChI=1S/C13H21N5OS/c1-5-6-14-7-11-17-18-13(19-11)16-9(3)12-8(2)15-10(4)20-12/h9,14H,5-7H2,1-4H3,(H,16,18). The average molecular weight is 295 g/mol. The van der Waals surface area contributed by atoms with E-state index in [1.54, 1.807) is 11.3 Å². The molecule has 110 valence electrons. The second kappa shape index (κ2) is 6.81. The van der Waals surface area contributed by atoms with Crippen molar-refractivity contribution in [3.8, 4) is 0 Å². The van der Waals surface area contributed by atoms with Crippen LogP contribution in [0.2, 0.25) is 0 Å². The molecule has 6 nitrogen and oxygen atoms in total. The van der Waals surface area contributed by atoms with E-state index >= 15 is 0 Å². The summed E-state index contributed by atoms with van der Waals surface area (Å²) in [5, 5.41) is 15.5. The Morgan fingerprint density at radius 1 is 1.30 bits per heavy atom. The van der Waals surface area contributed by atoms with E-state index < -0.39 is 0 Å². The predicted octanol–water partition coefficient (Wildman–Crippen LogP) is 2.82. The van der Waals surface area contributed by atoms with Crippen LogP contribution in [0.15, 0.2) is 4.42 Å². The molecule has 0 aliphatic heterocycles. The van der Waals surface area contributed by atoms with Gasteiger partial charge >= 0.3 is 6.01 Å². The van der Waals surface area contributed by atoms with Gasteiger partial charge in [0.05, 0.1) is 23.3 Å². The zero-order valence-electron chi connectivity index (χ0n) is 12.4. The molecular formula is C13H21N5OS. The SMILES string of the molecule is CCCNCc1nnc(NC(C)c2sc(C)nc2C)o1. The van der Waals surface area contributed by atoms with Crippen LogP contribution in [0.25, 0.3) is 0 Å². The van der Waals surface area contributed by atoms with Crippen molar-refractivity contribution in [1.29, 1.82) is 0 Å². The normalized spacial score (nSPS) is 12.6. The maximum atomic E-state index is 5.56. The molecule has 0 aromatic carbocycles. The van der Waals surface area contributed by atoms with Crippen LogP contribution < -0.4 is 10.6 Å². The molecule has 2 aromatic heterocycles. The summed E-state index contributed by atoms with van der Waals surface area (Å²) in [6.45, 7) is 9.77. The summed E-state index contributed by atoms with van der Waals surface area (Å²) in [7, 11) is 0. The number of nitrogens with zero attached hydrogens (tertiary/aromatic N) is 3. The summed E-state index contributed by atoms with van der Waals surface area (Å²) in [5.41, 5.74) is 1.05. The number of hydrogen-bond donors (Lipinski definition) is 2. The van der Waals surface area contributed by atoms with Crippen LogP contribution in [0.4, 0.5) is 6.01 Å². The molecule has 2 heterocycles. The number of hydrogen-bond acceptors (Lipinski definition) is 7. The van der Waals surface area contributed by atoms with Crippen molar-refractivity contribution in [3.63, 3.8) is 0 Å². The van der Waals surface area contributed by atoms with Crippen molar-refractivity contribution in [2.75, 3.05) is 11.9 Å². The Labute approximate surface area is 123 Å². The summed E-state index contributed by atoms with van der Waals surface area (Å²) in [6.07, 6.45) is 1.08.